The van der Waals surface area contributed by atoms with Crippen LogP contribution in [0.15, 0.2) is 61.1 Å². The molecule has 1 fully saturated rings. The number of aliphatic hydroxyl groups excluding tert-OH is 1. The van der Waals surface area contributed by atoms with Crippen LogP contribution in [-0.2, 0) is 4.79 Å². The lowest BCUT2D eigenvalue weighted by atomic mass is 10.1. The Balaban J connectivity index is 1.17. The first-order valence-corrected chi connectivity index (χ1v) is 13.8. The van der Waals surface area contributed by atoms with Gasteiger partial charge in [-0.2, -0.15) is 10.4 Å². The molecule has 3 aromatic heterocycles. The summed E-state index contributed by atoms with van der Waals surface area (Å²) in [7, 11) is 1.60. The lowest BCUT2D eigenvalue weighted by Gasteiger charge is -2.35. The third-order valence-corrected chi connectivity index (χ3v) is 7.08. The number of fused-ring (bicyclic) bond motifs is 1. The van der Waals surface area contributed by atoms with Gasteiger partial charge in [0.15, 0.2) is 0 Å². The van der Waals surface area contributed by atoms with Gasteiger partial charge < -0.3 is 24.4 Å². The van der Waals surface area contributed by atoms with Gasteiger partial charge >= 0.3 is 0 Å². The Kier molecular flexibility index (Phi) is 8.86. The predicted octanol–water partition coefficient (Wildman–Crippen LogP) is 3.52. The zero-order valence-corrected chi connectivity index (χ0v) is 23.7. The number of amides is 1. The van der Waals surface area contributed by atoms with Crippen LogP contribution in [0, 0.1) is 23.2 Å². The number of hydrogen-bond donors (Lipinski definition) is 1. The lowest BCUT2D eigenvalue weighted by molar-refractivity contribution is -0.133. The monoisotopic (exact) mass is 564 g/mol. The summed E-state index contributed by atoms with van der Waals surface area (Å²) in [5.74, 6) is 8.08. The molecule has 1 N–H and O–H groups in total. The van der Waals surface area contributed by atoms with Crippen LogP contribution >= 0.6 is 0 Å². The molecule has 1 amide bonds. The molecule has 10 nitrogen and oxygen atoms in total. The zero-order valence-electron chi connectivity index (χ0n) is 23.7. The third-order valence-electron chi connectivity index (χ3n) is 7.08. The van der Waals surface area contributed by atoms with E-state index in [9.17, 15) is 15.2 Å². The molecule has 4 heterocycles. The number of hydrogen-bond acceptors (Lipinski definition) is 8. The molecule has 5 rings (SSSR count). The van der Waals surface area contributed by atoms with Crippen LogP contribution < -0.4 is 14.4 Å². The normalized spacial score (nSPS) is 13.7. The summed E-state index contributed by atoms with van der Waals surface area (Å²) >= 11 is 0. The predicted molar refractivity (Wildman–Crippen MR) is 158 cm³/mol. The van der Waals surface area contributed by atoms with Gasteiger partial charge in [-0.25, -0.2) is 9.50 Å². The highest BCUT2D eigenvalue weighted by molar-refractivity contribution is 5.85. The minimum absolute atomic E-state index is 0.0360. The van der Waals surface area contributed by atoms with Crippen molar-refractivity contribution in [2.24, 2.45) is 0 Å². The van der Waals surface area contributed by atoms with Crippen LogP contribution in [0.5, 0.6) is 11.5 Å². The van der Waals surface area contributed by atoms with Crippen LogP contribution in [-0.4, -0.2) is 76.5 Å². The fourth-order valence-corrected chi connectivity index (χ4v) is 4.94. The minimum atomic E-state index is -0.826. The Morgan fingerprint density at radius 1 is 1.12 bits per heavy atom. The highest BCUT2D eigenvalue weighted by Gasteiger charge is 2.23. The highest BCUT2D eigenvalue weighted by Crippen LogP contribution is 2.31. The summed E-state index contributed by atoms with van der Waals surface area (Å²) in [6.07, 6.45) is 4.52. The van der Waals surface area contributed by atoms with Gasteiger partial charge in [-0.15, -0.1) is 0 Å². The molecule has 0 saturated carbocycles. The lowest BCUT2D eigenvalue weighted by Crippen LogP contribution is -2.49. The second kappa shape index (κ2) is 13.1. The Morgan fingerprint density at radius 3 is 2.67 bits per heavy atom. The first-order chi connectivity index (χ1) is 20.5. The largest absolute Gasteiger partial charge is 0.497 e. The second-order valence-electron chi connectivity index (χ2n) is 9.85. The number of methoxy groups -OCH3 is 1. The van der Waals surface area contributed by atoms with Crippen molar-refractivity contribution in [2.45, 2.75) is 25.9 Å². The quantitative estimate of drug-likeness (QED) is 0.323. The molecule has 1 aliphatic heterocycles. The summed E-state index contributed by atoms with van der Waals surface area (Å²) in [6, 6.07) is 15.4. The minimum Gasteiger partial charge on any atom is -0.497 e. The van der Waals surface area contributed by atoms with Crippen molar-refractivity contribution in [1.29, 1.82) is 5.26 Å². The molecule has 0 radical (unpaired) electrons. The van der Waals surface area contributed by atoms with Crippen LogP contribution in [0.2, 0.25) is 0 Å². The van der Waals surface area contributed by atoms with Crippen molar-refractivity contribution in [3.05, 3.63) is 72.2 Å². The smallest absolute Gasteiger partial charge is 0.225 e. The van der Waals surface area contributed by atoms with E-state index in [1.54, 1.807) is 35.1 Å². The van der Waals surface area contributed by atoms with Crippen LogP contribution in [0.25, 0.3) is 16.6 Å². The number of nitrogens with zero attached hydrogens (tertiary/aromatic N) is 6. The molecule has 1 aliphatic rings. The van der Waals surface area contributed by atoms with E-state index < -0.39 is 6.10 Å². The summed E-state index contributed by atoms with van der Waals surface area (Å²) in [6.45, 7) is 4.79. The maximum Gasteiger partial charge on any atom is 0.225 e. The Hall–Kier alpha value is -5.06. The van der Waals surface area contributed by atoms with Crippen LogP contribution in [0.4, 0.5) is 5.82 Å². The number of aromatic nitrogens is 3. The molecular weight excluding hydrogens is 532 g/mol. The summed E-state index contributed by atoms with van der Waals surface area (Å²) in [4.78, 5) is 21.4. The summed E-state index contributed by atoms with van der Waals surface area (Å²) in [5.41, 5.74) is 3.64. The molecule has 42 heavy (non-hydrogen) atoms. The van der Waals surface area contributed by atoms with Gasteiger partial charge in [-0.05, 0) is 43.3 Å². The number of piperazine rings is 1. The number of rotatable bonds is 8. The summed E-state index contributed by atoms with van der Waals surface area (Å²) < 4.78 is 12.6. The van der Waals surface area contributed by atoms with Crippen molar-refractivity contribution >= 4 is 17.2 Å². The number of benzene rings is 1. The van der Waals surface area contributed by atoms with E-state index in [4.69, 9.17) is 14.5 Å². The van der Waals surface area contributed by atoms with Gasteiger partial charge in [0.1, 0.15) is 23.4 Å². The van der Waals surface area contributed by atoms with Crippen LogP contribution in [0.1, 0.15) is 30.9 Å². The van der Waals surface area contributed by atoms with E-state index in [0.29, 0.717) is 49.6 Å². The van der Waals surface area contributed by atoms with E-state index in [1.165, 1.54) is 0 Å². The number of anilines is 1. The molecule has 0 aliphatic carbocycles. The number of aliphatic hydroxyl groups is 1. The van der Waals surface area contributed by atoms with E-state index in [-0.39, 0.29) is 18.7 Å². The fourth-order valence-electron chi connectivity index (χ4n) is 4.94. The Labute approximate surface area is 244 Å². The number of nitriles is 1. The molecule has 0 spiro atoms. The maximum absolute atomic E-state index is 12.8. The van der Waals surface area contributed by atoms with Crippen LogP contribution in [0.3, 0.4) is 0 Å². The SMILES string of the molecule is CCOc1cc(-c2ccc(N3CCN(C(=O)CC(O)CC#Cc4cccc(OC)c4)CC3)nc2)c2c(C#N)cnn2c1. The molecule has 4 aromatic rings. The first kappa shape index (κ1) is 28.5. The van der Waals surface area contributed by atoms with E-state index in [0.717, 1.165) is 28.3 Å². The third kappa shape index (κ3) is 6.46. The van der Waals surface area contributed by atoms with Crippen molar-refractivity contribution < 1.29 is 19.4 Å². The van der Waals surface area contributed by atoms with E-state index in [1.807, 2.05) is 49.4 Å². The van der Waals surface area contributed by atoms with Crippen molar-refractivity contribution in [1.82, 2.24) is 19.5 Å². The van der Waals surface area contributed by atoms with Crippen molar-refractivity contribution in [2.75, 3.05) is 44.8 Å². The molecule has 1 aromatic carbocycles. The number of ether oxygens (including phenoxy) is 2. The number of pyridine rings is 2. The topological polar surface area (TPSA) is 116 Å². The molecule has 1 atom stereocenters. The molecule has 1 saturated heterocycles. The van der Waals surface area contributed by atoms with Gasteiger partial charge in [0.05, 0.1) is 49.7 Å². The van der Waals surface area contributed by atoms with E-state index in [2.05, 4.69) is 27.9 Å². The molecule has 10 heteroatoms. The average molecular weight is 565 g/mol. The standard InChI is InChI=1S/C32H32N6O4/c1-3-42-28-18-29(32-25(19-33)21-35-38(32)22-28)24-10-11-30(34-20-24)36-12-14-37(15-13-36)31(40)17-26(39)8-4-6-23-7-5-9-27(16-23)41-2/h5,7,9-11,16,18,20-22,26,39H,3,8,12-15,17H2,1-2H3. The Bertz CT molecular complexity index is 1660. The molecular formula is C32H32N6O4. The van der Waals surface area contributed by atoms with Crippen molar-refractivity contribution in [3.8, 4) is 40.5 Å². The fraction of sp³-hybridized carbons (Fsp3) is 0.312. The van der Waals surface area contributed by atoms with Crippen molar-refractivity contribution in [3.63, 3.8) is 0 Å². The Morgan fingerprint density at radius 2 is 1.95 bits per heavy atom. The van der Waals surface area contributed by atoms with Gasteiger partial charge in [0.25, 0.3) is 0 Å². The molecule has 214 valence electrons. The van der Waals surface area contributed by atoms with Gasteiger partial charge in [0.2, 0.25) is 5.91 Å². The second-order valence-corrected chi connectivity index (χ2v) is 9.85. The summed E-state index contributed by atoms with van der Waals surface area (Å²) in [5, 5.41) is 24.3. The van der Waals surface area contributed by atoms with Gasteiger partial charge in [-0.3, -0.25) is 4.79 Å². The highest BCUT2D eigenvalue weighted by atomic mass is 16.5. The molecule has 1 unspecified atom stereocenters. The first-order valence-electron chi connectivity index (χ1n) is 13.8. The van der Waals surface area contributed by atoms with Gasteiger partial charge in [0, 0.05) is 55.5 Å². The molecule has 0 bridgehead atoms. The number of carbonyl (C=O) groups excluding carboxylic acids is 1. The number of carbonyl (C=O) groups is 1. The zero-order chi connectivity index (χ0) is 29.5. The average Bonchev–Trinajstić information content (AvgIpc) is 3.44. The maximum atomic E-state index is 12.8. The van der Waals surface area contributed by atoms with Gasteiger partial charge in [-0.1, -0.05) is 17.9 Å². The van der Waals surface area contributed by atoms with E-state index >= 15 is 0 Å².